The SMILES string of the molecule is CC(C)(C)OC(=O)CN[C@@H](CCCCNC(=O)COCCOCCNC(=O)CCN1C(=O)C=CC1=O)C(=O)P=S.CC(C)(C)OC(=O)CP=S.CC(C)(C)OC(=O)CP=S.CCC(=O)OCC1c2ccccc2-c2ccccc21.CN.NCN[C@@H](CCCCNC(=O)COCCOCCNC(=O)CCN1C(=O)C=CC1=O)C(N)=O.S=PP=S. The highest BCUT2D eigenvalue weighted by Crippen LogP contribution is 2.44. The van der Waals surface area contributed by atoms with Gasteiger partial charge in [-0.1, -0.05) is 79.1 Å². The third-order valence-corrected chi connectivity index (χ3v) is 19.9. The molecule has 0 spiro atoms. The van der Waals surface area contributed by atoms with E-state index < -0.39 is 53.2 Å². The second-order valence-corrected chi connectivity index (χ2v) is 35.6. The molecule has 33 nitrogen and oxygen atoms in total. The Morgan fingerprint density at radius 1 is 0.483 bits per heavy atom. The largest absolute Gasteiger partial charge is 0.465 e. The van der Waals surface area contributed by atoms with Gasteiger partial charge in [0.25, 0.3) is 23.6 Å². The predicted molar refractivity (Wildman–Crippen MR) is 470 cm³/mol. The standard InChI is InChI=1S/C25H39N4O9PS.C20H34N6O7.C17H16O2.2C6H11O2PS.CH5N.P2S2/c1-25(2,3)38-23(34)16-28-18(24(35)39-40)6-4-5-10-26-20(31)17-37-15-14-36-13-11-27-19(30)9-12-29-21(32)7-8-22(29)33;21-14-25-15(20(22)31)3-1-2-7-23-17(28)13-33-12-11-32-10-8-24-16(27)6-9-26-18(29)4-5-19(26)30;1-2-17(18)19-11-16-14-9-5-3-7-12(14)13-8-4-6-10-15(13)16;2*1-6(2,3)8-5(7)4-9-10;1-2;3-1-2-4/h7-8,18,28H,4-6,9-17H2,1-3H3,(H,26,31)(H,27,30);4-5,15,25H,1-3,6-14,21H2,(H2,22,31)(H,23,28)(H,24,27);3-10,16H,2,11H2,1H3;2*4H2,1-3H3;2H2,1H3;/t18-;15-;;;;;/m00...../s1. The number of amides is 9. The lowest BCUT2D eigenvalue weighted by Crippen LogP contribution is -2.43. The van der Waals surface area contributed by atoms with Crippen LogP contribution in [-0.4, -0.2) is 253 Å². The highest BCUT2D eigenvalue weighted by molar-refractivity contribution is 8.40. The van der Waals surface area contributed by atoms with E-state index in [9.17, 15) is 67.1 Å². The molecule has 2 heterocycles. The van der Waals surface area contributed by atoms with Crippen molar-refractivity contribution in [3.05, 3.63) is 84.0 Å². The fourth-order valence-electron chi connectivity index (χ4n) is 9.72. The molecule has 0 saturated heterocycles. The molecule has 0 radical (unpaired) electrons. The van der Waals surface area contributed by atoms with Crippen LogP contribution in [0.5, 0.6) is 0 Å². The predicted octanol–water partition coefficient (Wildman–Crippen LogP) is 5.59. The summed E-state index contributed by atoms with van der Waals surface area (Å²) in [5, 5.41) is 16.4. The Labute approximate surface area is 725 Å². The number of primary amides is 1. The number of rotatable bonds is 48. The number of fused-ring (bicyclic) bond motifs is 3. The molecule has 3 aliphatic rings. The van der Waals surface area contributed by atoms with E-state index in [2.05, 4.69) is 121 Å². The Hall–Kier alpha value is -6.62. The first-order valence-corrected chi connectivity index (χ1v) is 48.1. The van der Waals surface area contributed by atoms with Crippen LogP contribution < -0.4 is 49.1 Å². The maximum absolute atomic E-state index is 12.1. The molecule has 0 saturated carbocycles. The van der Waals surface area contributed by atoms with Crippen molar-refractivity contribution in [3.63, 3.8) is 0 Å². The number of unbranched alkanes of at least 4 members (excludes halogenated alkanes) is 2. The number of imide groups is 2. The smallest absolute Gasteiger partial charge is 0.320 e. The summed E-state index contributed by atoms with van der Waals surface area (Å²) >= 11 is 22.8. The van der Waals surface area contributed by atoms with E-state index in [1.807, 2.05) is 60.6 Å². The van der Waals surface area contributed by atoms with Crippen LogP contribution in [0.1, 0.15) is 144 Å². The lowest BCUT2D eigenvalue weighted by atomic mass is 9.98. The van der Waals surface area contributed by atoms with Gasteiger partial charge in [-0.15, -0.1) is 0 Å². The van der Waals surface area contributed by atoms with Gasteiger partial charge >= 0.3 is 23.9 Å². The molecule has 2 aliphatic heterocycles. The van der Waals surface area contributed by atoms with Gasteiger partial charge in [0.05, 0.1) is 77.9 Å². The number of ether oxygens (including phenoxy) is 8. The summed E-state index contributed by atoms with van der Waals surface area (Å²) in [5.74, 6) is -4.11. The average Bonchev–Trinajstić information content (AvgIpc) is 1.62. The Morgan fingerprint density at radius 3 is 1.21 bits per heavy atom. The van der Waals surface area contributed by atoms with Gasteiger partial charge in [0.15, 0.2) is 0 Å². The lowest BCUT2D eigenvalue weighted by Gasteiger charge is -2.21. The van der Waals surface area contributed by atoms with E-state index >= 15 is 0 Å². The van der Waals surface area contributed by atoms with E-state index in [4.69, 9.17) is 61.2 Å². The number of carbonyl (C=O) groups excluding carboxylic acids is 14. The van der Waals surface area contributed by atoms with Crippen molar-refractivity contribution in [2.75, 3.05) is 131 Å². The second kappa shape index (κ2) is 68.0. The van der Waals surface area contributed by atoms with Crippen molar-refractivity contribution in [1.29, 1.82) is 0 Å². The van der Waals surface area contributed by atoms with E-state index in [0.29, 0.717) is 91.7 Å². The van der Waals surface area contributed by atoms with Gasteiger partial charge < -0.3 is 76.4 Å². The molecule has 658 valence electrons. The van der Waals surface area contributed by atoms with Gasteiger partial charge in [0, 0.05) is 110 Å². The van der Waals surface area contributed by atoms with Gasteiger partial charge in [0.2, 0.25) is 35.1 Å². The Balaban J connectivity index is 0. The fraction of sp³-hybridized carbons (Fsp3) is 0.600. The quantitative estimate of drug-likeness (QED) is 0.00974. The Kier molecular flexibility index (Phi) is 65.3. The highest BCUT2D eigenvalue weighted by Gasteiger charge is 2.30. The zero-order valence-corrected chi connectivity index (χ0v) is 77.4. The highest BCUT2D eigenvalue weighted by atomic mass is 32.7. The molecular weight excluding hydrogens is 1720 g/mol. The normalized spacial score (nSPS) is 13.0. The first kappa shape index (κ1) is 113. The van der Waals surface area contributed by atoms with Crippen molar-refractivity contribution in [2.45, 2.75) is 162 Å². The van der Waals surface area contributed by atoms with E-state index in [1.54, 1.807) is 20.8 Å². The van der Waals surface area contributed by atoms with Crippen molar-refractivity contribution in [3.8, 4) is 11.1 Å². The molecule has 5 rings (SSSR count). The molecule has 0 bridgehead atoms. The molecular formula is C75H116N11O22P5S5. The van der Waals surface area contributed by atoms with Crippen LogP contribution in [0.25, 0.3) is 11.1 Å². The molecule has 2 atom stereocenters. The first-order chi connectivity index (χ1) is 55.9. The minimum Gasteiger partial charge on any atom is -0.465 e. The van der Waals surface area contributed by atoms with Crippen LogP contribution >= 0.6 is 36.2 Å². The van der Waals surface area contributed by atoms with Crippen molar-refractivity contribution < 1.29 is 105 Å². The first-order valence-electron chi connectivity index (χ1n) is 37.5. The number of nitrogens with two attached hydrogens (primary N) is 3. The molecule has 1 aliphatic carbocycles. The van der Waals surface area contributed by atoms with Crippen LogP contribution in [0.2, 0.25) is 0 Å². The summed E-state index contributed by atoms with van der Waals surface area (Å²) in [5.41, 5.74) is 18.6. The zero-order chi connectivity index (χ0) is 89.5. The van der Waals surface area contributed by atoms with Crippen LogP contribution in [-0.2, 0) is 164 Å². The van der Waals surface area contributed by atoms with E-state index in [-0.39, 0.29) is 177 Å². The van der Waals surface area contributed by atoms with Crippen LogP contribution in [0.4, 0.5) is 0 Å². The number of esters is 4. The Morgan fingerprint density at radius 2 is 0.856 bits per heavy atom. The topological polar surface area (TPSA) is 470 Å². The maximum Gasteiger partial charge on any atom is 0.320 e. The van der Waals surface area contributed by atoms with Crippen LogP contribution in [0, 0.1) is 0 Å². The van der Waals surface area contributed by atoms with Gasteiger partial charge in [-0.3, -0.25) is 87.6 Å². The minimum absolute atomic E-state index is 0.00923. The average molecular weight is 1840 g/mol. The lowest BCUT2D eigenvalue weighted by molar-refractivity contribution is -0.154. The molecule has 0 aromatic heterocycles. The molecule has 9 amide bonds. The molecule has 12 N–H and O–H groups in total. The van der Waals surface area contributed by atoms with Crippen molar-refractivity contribution >= 4 is 178 Å². The zero-order valence-electron chi connectivity index (χ0n) is 68.8. The monoisotopic (exact) mass is 1840 g/mol. The number of hydrogen-bond acceptors (Lipinski definition) is 31. The van der Waals surface area contributed by atoms with Gasteiger partial charge in [-0.25, -0.2) is 0 Å². The number of nitrogens with one attached hydrogen (secondary N) is 6. The third-order valence-electron chi connectivity index (χ3n) is 14.7. The van der Waals surface area contributed by atoms with Gasteiger partial charge in [-0.2, -0.15) is 0 Å². The van der Waals surface area contributed by atoms with Crippen LogP contribution in [0.15, 0.2) is 72.8 Å². The summed E-state index contributed by atoms with van der Waals surface area (Å²) in [6.07, 6.45) is 9.46. The molecule has 2 aromatic rings. The molecule has 0 fully saturated rings. The maximum atomic E-state index is 12.1. The van der Waals surface area contributed by atoms with E-state index in [0.717, 1.165) is 23.9 Å². The summed E-state index contributed by atoms with van der Waals surface area (Å²) in [6, 6.07) is 15.7. The van der Waals surface area contributed by atoms with Crippen molar-refractivity contribution in [1.82, 2.24) is 41.7 Å². The van der Waals surface area contributed by atoms with Gasteiger partial charge in [0.1, 0.15) is 36.6 Å². The molecule has 118 heavy (non-hydrogen) atoms. The summed E-state index contributed by atoms with van der Waals surface area (Å²) in [6.45, 7) is 21.3. The number of hydrogen-bond donors (Lipinski definition) is 9. The summed E-state index contributed by atoms with van der Waals surface area (Å²) in [4.78, 5) is 163. The molecule has 0 unspecified atom stereocenters. The number of carbonyl (C=O) groups is 14. The second-order valence-electron chi connectivity index (χ2n) is 27.5. The summed E-state index contributed by atoms with van der Waals surface area (Å²) < 4.78 is 41.6. The van der Waals surface area contributed by atoms with Crippen molar-refractivity contribution in [2.24, 2.45) is 17.2 Å². The van der Waals surface area contributed by atoms with E-state index in [1.165, 1.54) is 53.6 Å². The minimum atomic E-state index is -0.607. The fourth-order valence-corrected chi connectivity index (χ4v) is 11.4. The van der Waals surface area contributed by atoms with Crippen LogP contribution in [0.3, 0.4) is 0 Å². The van der Waals surface area contributed by atoms with Gasteiger partial charge in [-0.05, 0) is 180 Å². The third kappa shape index (κ3) is 58.4. The summed E-state index contributed by atoms with van der Waals surface area (Å²) in [7, 11) is 4.72. The Bertz CT molecular complexity index is 3490. The number of benzene rings is 2. The molecule has 2 aromatic carbocycles. The number of nitrogens with zero attached hydrogens (tertiary/aromatic N) is 2. The molecule has 43 heteroatoms.